The lowest BCUT2D eigenvalue weighted by Crippen LogP contribution is -2.10. The highest BCUT2D eigenvalue weighted by Gasteiger charge is 2.20. The summed E-state index contributed by atoms with van der Waals surface area (Å²) in [4.78, 5) is 11.8. The number of hydrogen-bond donors (Lipinski definition) is 2. The average molecular weight is 331 g/mol. The Balaban J connectivity index is 2.11. The summed E-state index contributed by atoms with van der Waals surface area (Å²) in [5, 5.41) is 16.7. The third kappa shape index (κ3) is 2.91. The van der Waals surface area contributed by atoms with Crippen molar-refractivity contribution in [2.75, 3.05) is 12.4 Å². The van der Waals surface area contributed by atoms with E-state index in [4.69, 9.17) is 0 Å². The number of carbonyl (C=O) groups excluding carboxylic acids is 1. The van der Waals surface area contributed by atoms with Crippen LogP contribution in [0.15, 0.2) is 36.7 Å². The van der Waals surface area contributed by atoms with E-state index in [9.17, 15) is 13.6 Å². The van der Waals surface area contributed by atoms with Crippen LogP contribution in [-0.4, -0.2) is 33.5 Å². The van der Waals surface area contributed by atoms with Crippen molar-refractivity contribution in [2.24, 2.45) is 0 Å². The number of anilines is 2. The Morgan fingerprint density at radius 2 is 2.00 bits per heavy atom. The second kappa shape index (κ2) is 6.41. The summed E-state index contributed by atoms with van der Waals surface area (Å²) in [6.07, 6.45) is 3.00. The molecule has 0 spiro atoms. The number of ether oxygens (including phenoxy) is 1. The van der Waals surface area contributed by atoms with Gasteiger partial charge < -0.3 is 10.1 Å². The number of esters is 1. The van der Waals surface area contributed by atoms with E-state index < -0.39 is 17.6 Å². The van der Waals surface area contributed by atoms with Gasteiger partial charge in [-0.1, -0.05) is 6.07 Å². The average Bonchev–Trinajstić information content (AvgIpc) is 3.07. The number of rotatable bonds is 4. The van der Waals surface area contributed by atoms with E-state index in [0.29, 0.717) is 5.69 Å². The summed E-state index contributed by atoms with van der Waals surface area (Å²) < 4.78 is 32.5. The maximum Gasteiger partial charge on any atom is 0.360 e. The highest BCUT2D eigenvalue weighted by atomic mass is 19.1. The van der Waals surface area contributed by atoms with Crippen LogP contribution >= 0.6 is 0 Å². The fourth-order valence-corrected chi connectivity index (χ4v) is 2.07. The molecule has 2 N–H and O–H groups in total. The fraction of sp³-hybridized carbons (Fsp3) is 0.0667. The second-order valence-electron chi connectivity index (χ2n) is 4.69. The molecule has 1 aromatic carbocycles. The molecule has 0 atom stereocenters. The minimum absolute atomic E-state index is 0.0655. The lowest BCUT2D eigenvalue weighted by molar-refractivity contribution is 0.0594. The van der Waals surface area contributed by atoms with Gasteiger partial charge in [0.15, 0.2) is 5.69 Å². The van der Waals surface area contributed by atoms with Crippen LogP contribution in [0.25, 0.3) is 11.3 Å². The summed E-state index contributed by atoms with van der Waals surface area (Å²) in [7, 11) is 1.19. The maximum atomic E-state index is 13.9. The number of hydrogen-bond acceptors (Lipinski definition) is 6. The number of carbonyl (C=O) groups is 1. The first-order chi connectivity index (χ1) is 11.6. The summed E-state index contributed by atoms with van der Waals surface area (Å²) in [5.41, 5.74) is 0.170. The number of methoxy groups -OCH3 is 1. The number of benzene rings is 1. The molecule has 7 nitrogen and oxygen atoms in total. The van der Waals surface area contributed by atoms with Crippen LogP contribution in [0.2, 0.25) is 0 Å². The molecule has 0 unspecified atom stereocenters. The molecule has 2 heterocycles. The van der Waals surface area contributed by atoms with E-state index >= 15 is 0 Å². The van der Waals surface area contributed by atoms with Gasteiger partial charge in [-0.2, -0.15) is 5.10 Å². The normalized spacial score (nSPS) is 10.5. The van der Waals surface area contributed by atoms with Crippen LogP contribution in [0, 0.1) is 11.6 Å². The molecule has 0 aliphatic carbocycles. The summed E-state index contributed by atoms with van der Waals surface area (Å²) in [5.74, 6) is -2.32. The second-order valence-corrected chi connectivity index (χ2v) is 4.69. The molecular formula is C15H11F2N5O2. The van der Waals surface area contributed by atoms with Gasteiger partial charge in [-0.05, 0) is 18.2 Å². The van der Waals surface area contributed by atoms with Crippen LogP contribution in [0.4, 0.5) is 20.2 Å². The van der Waals surface area contributed by atoms with E-state index in [1.165, 1.54) is 31.6 Å². The minimum atomic E-state index is -0.788. The molecule has 0 amide bonds. The van der Waals surface area contributed by atoms with Gasteiger partial charge in [-0.3, -0.25) is 5.10 Å². The molecule has 0 aliphatic heterocycles. The van der Waals surface area contributed by atoms with Crippen molar-refractivity contribution in [3.63, 3.8) is 0 Å². The predicted molar refractivity (Wildman–Crippen MR) is 80.6 cm³/mol. The molecular weight excluding hydrogens is 320 g/mol. The summed E-state index contributed by atoms with van der Waals surface area (Å²) in [6.45, 7) is 0. The Morgan fingerprint density at radius 1 is 1.25 bits per heavy atom. The SMILES string of the molecule is COC(=O)c1nnc(-c2c(F)cccc2F)cc1Nc1cn[nH]c1. The van der Waals surface area contributed by atoms with E-state index in [1.807, 2.05) is 0 Å². The lowest BCUT2D eigenvalue weighted by atomic mass is 10.1. The molecule has 0 saturated heterocycles. The molecule has 0 fully saturated rings. The van der Waals surface area contributed by atoms with Crippen molar-refractivity contribution < 1.29 is 18.3 Å². The zero-order chi connectivity index (χ0) is 17.1. The first-order valence-corrected chi connectivity index (χ1v) is 6.76. The van der Waals surface area contributed by atoms with Crippen LogP contribution < -0.4 is 5.32 Å². The van der Waals surface area contributed by atoms with Gasteiger partial charge in [0.05, 0.1) is 30.2 Å². The minimum Gasteiger partial charge on any atom is -0.464 e. The first kappa shape index (κ1) is 15.5. The Labute approximate surface area is 134 Å². The molecule has 9 heteroatoms. The van der Waals surface area contributed by atoms with Crippen molar-refractivity contribution in [3.8, 4) is 11.3 Å². The molecule has 0 bridgehead atoms. The third-order valence-electron chi connectivity index (χ3n) is 3.17. The van der Waals surface area contributed by atoms with Gasteiger partial charge in [-0.15, -0.1) is 10.2 Å². The quantitative estimate of drug-likeness (QED) is 0.714. The van der Waals surface area contributed by atoms with Gasteiger partial charge >= 0.3 is 5.97 Å². The van der Waals surface area contributed by atoms with E-state index in [0.717, 1.165) is 12.1 Å². The molecule has 2 aromatic heterocycles. The largest absolute Gasteiger partial charge is 0.464 e. The summed E-state index contributed by atoms with van der Waals surface area (Å²) in [6, 6.07) is 4.78. The Bertz CT molecular complexity index is 863. The fourth-order valence-electron chi connectivity index (χ4n) is 2.07. The molecule has 3 rings (SSSR count). The van der Waals surface area contributed by atoms with Gasteiger partial charge in [0.1, 0.15) is 17.3 Å². The van der Waals surface area contributed by atoms with Gasteiger partial charge in [0.25, 0.3) is 0 Å². The predicted octanol–water partition coefficient (Wildman–Crippen LogP) is 2.68. The standard InChI is InChI=1S/C15H11F2N5O2/c1-24-15(23)14-12(20-8-6-18-19-7-8)5-11(21-22-14)13-9(16)3-2-4-10(13)17/h2-7H,1H3,(H,18,19)(H,20,21). The monoisotopic (exact) mass is 331 g/mol. The van der Waals surface area contributed by atoms with Crippen LogP contribution in [0.3, 0.4) is 0 Å². The van der Waals surface area contributed by atoms with Crippen molar-refractivity contribution in [1.29, 1.82) is 0 Å². The first-order valence-electron chi connectivity index (χ1n) is 6.76. The number of nitrogens with one attached hydrogen (secondary N) is 2. The van der Waals surface area contributed by atoms with Crippen LogP contribution in [0.5, 0.6) is 0 Å². The zero-order valence-corrected chi connectivity index (χ0v) is 12.4. The van der Waals surface area contributed by atoms with Crippen LogP contribution in [0.1, 0.15) is 10.5 Å². The number of aromatic amines is 1. The van der Waals surface area contributed by atoms with E-state index in [2.05, 4.69) is 30.4 Å². The number of aromatic nitrogens is 4. The molecule has 0 aliphatic rings. The van der Waals surface area contributed by atoms with Crippen molar-refractivity contribution >= 4 is 17.3 Å². The highest BCUT2D eigenvalue weighted by molar-refractivity contribution is 5.94. The maximum absolute atomic E-state index is 13.9. The molecule has 0 saturated carbocycles. The molecule has 3 aromatic rings. The highest BCUT2D eigenvalue weighted by Crippen LogP contribution is 2.28. The Hall–Kier alpha value is -3.36. The smallest absolute Gasteiger partial charge is 0.360 e. The number of nitrogens with zero attached hydrogens (tertiary/aromatic N) is 3. The van der Waals surface area contributed by atoms with Gasteiger partial charge in [0, 0.05) is 6.20 Å². The topological polar surface area (TPSA) is 92.8 Å². The number of halogens is 2. The zero-order valence-electron chi connectivity index (χ0n) is 12.4. The van der Waals surface area contributed by atoms with E-state index in [-0.39, 0.29) is 22.6 Å². The van der Waals surface area contributed by atoms with Gasteiger partial charge in [-0.25, -0.2) is 13.6 Å². The van der Waals surface area contributed by atoms with Crippen molar-refractivity contribution in [3.05, 3.63) is 54.0 Å². The molecule has 122 valence electrons. The Kier molecular flexibility index (Phi) is 4.15. The lowest BCUT2D eigenvalue weighted by Gasteiger charge is -2.10. The van der Waals surface area contributed by atoms with Crippen molar-refractivity contribution in [1.82, 2.24) is 20.4 Å². The third-order valence-corrected chi connectivity index (χ3v) is 3.17. The summed E-state index contributed by atoms with van der Waals surface area (Å²) >= 11 is 0. The Morgan fingerprint density at radius 3 is 2.62 bits per heavy atom. The molecule has 0 radical (unpaired) electrons. The van der Waals surface area contributed by atoms with Gasteiger partial charge in [0.2, 0.25) is 0 Å². The van der Waals surface area contributed by atoms with Crippen LogP contribution in [-0.2, 0) is 4.74 Å². The molecule has 24 heavy (non-hydrogen) atoms. The van der Waals surface area contributed by atoms with Crippen molar-refractivity contribution in [2.45, 2.75) is 0 Å². The number of H-pyrrole nitrogens is 1. The van der Waals surface area contributed by atoms with E-state index in [1.54, 1.807) is 0 Å².